The van der Waals surface area contributed by atoms with Crippen molar-refractivity contribution in [3.8, 4) is 0 Å². The summed E-state index contributed by atoms with van der Waals surface area (Å²) in [5, 5.41) is 0. The summed E-state index contributed by atoms with van der Waals surface area (Å²) in [4.78, 5) is 13.2. The van der Waals surface area contributed by atoms with E-state index >= 15 is 0 Å². The summed E-state index contributed by atoms with van der Waals surface area (Å²) in [6.07, 6.45) is 5.84. The fraction of sp³-hybridized carbons (Fsp3) is 0.583. The quantitative estimate of drug-likeness (QED) is 0.742. The Morgan fingerprint density at radius 3 is 3.00 bits per heavy atom. The third kappa shape index (κ3) is 2.25. The fourth-order valence-electron chi connectivity index (χ4n) is 2.33. The minimum Gasteiger partial charge on any atom is -0.381 e. The lowest BCUT2D eigenvalue weighted by Crippen LogP contribution is -2.21. The average Bonchev–Trinajstić information content (AvgIpc) is 2.82. The highest BCUT2D eigenvalue weighted by Gasteiger charge is 2.16. The first-order valence-electron chi connectivity index (χ1n) is 6.42. The fourth-order valence-corrected chi connectivity index (χ4v) is 2.33. The van der Waals surface area contributed by atoms with Gasteiger partial charge in [0.2, 0.25) is 0 Å². The summed E-state index contributed by atoms with van der Waals surface area (Å²) >= 11 is 0. The molecule has 1 fully saturated rings. The van der Waals surface area contributed by atoms with Crippen molar-refractivity contribution in [1.29, 1.82) is 0 Å². The highest BCUT2D eigenvalue weighted by Crippen LogP contribution is 2.18. The van der Waals surface area contributed by atoms with Gasteiger partial charge in [0, 0.05) is 31.5 Å². The van der Waals surface area contributed by atoms with Crippen LogP contribution >= 0.6 is 0 Å². The van der Waals surface area contributed by atoms with E-state index in [0.717, 1.165) is 49.5 Å². The first-order chi connectivity index (χ1) is 8.86. The molecule has 1 saturated heterocycles. The molecule has 0 spiro atoms. The molecule has 1 aliphatic heterocycles. The Bertz CT molecular complexity index is 536. The molecule has 3 rings (SSSR count). The zero-order chi connectivity index (χ0) is 12.4. The Balaban J connectivity index is 1.86. The smallest absolute Gasteiger partial charge is 0.197 e. The minimum absolute atomic E-state index is 0.659. The van der Waals surface area contributed by atoms with Crippen LogP contribution in [0.25, 0.3) is 11.3 Å². The van der Waals surface area contributed by atoms with Crippen LogP contribution in [-0.4, -0.2) is 40.0 Å². The summed E-state index contributed by atoms with van der Waals surface area (Å²) in [6.45, 7) is 4.67. The number of hydrogen-bond acceptors (Lipinski definition) is 4. The van der Waals surface area contributed by atoms with Gasteiger partial charge in [0.1, 0.15) is 0 Å². The predicted molar refractivity (Wildman–Crippen MR) is 70.1 cm³/mol. The number of ether oxygens (including phenoxy) is 1. The van der Waals surface area contributed by atoms with Crippen molar-refractivity contribution in [2.75, 3.05) is 13.2 Å². The maximum Gasteiger partial charge on any atom is 0.197 e. The third-order valence-electron chi connectivity index (χ3n) is 3.44. The van der Waals surface area contributed by atoms with Crippen LogP contribution in [0.15, 0.2) is 12.5 Å². The number of rotatable bonds is 3. The molecule has 6 heteroatoms. The highest BCUT2D eigenvalue weighted by atomic mass is 16.5. The Morgan fingerprint density at radius 1 is 1.39 bits per heavy atom. The van der Waals surface area contributed by atoms with Gasteiger partial charge in [-0.25, -0.2) is 15.0 Å². The van der Waals surface area contributed by atoms with Crippen molar-refractivity contribution in [3.05, 3.63) is 12.5 Å². The van der Waals surface area contributed by atoms with Crippen LogP contribution in [0.4, 0.5) is 0 Å². The monoisotopic (exact) mass is 243 g/mol. The molecule has 0 atom stereocenters. The van der Waals surface area contributed by atoms with Gasteiger partial charge in [0.25, 0.3) is 0 Å². The molecule has 0 bridgehead atoms. The number of aromatic nitrogens is 4. The van der Waals surface area contributed by atoms with Crippen molar-refractivity contribution in [2.45, 2.75) is 26.2 Å². The third-order valence-corrected chi connectivity index (χ3v) is 3.44. The molecular formula is C12H16BN4O. The lowest BCUT2D eigenvalue weighted by atomic mass is 9.78. The van der Waals surface area contributed by atoms with Crippen LogP contribution < -0.4 is 5.59 Å². The van der Waals surface area contributed by atoms with E-state index in [0.29, 0.717) is 5.92 Å². The van der Waals surface area contributed by atoms with Gasteiger partial charge >= 0.3 is 0 Å². The zero-order valence-corrected chi connectivity index (χ0v) is 10.5. The number of hydrogen-bond donors (Lipinski definition) is 0. The Labute approximate surface area is 107 Å². The maximum atomic E-state index is 5.39. The normalized spacial score (nSPS) is 17.2. The standard InChI is InChI=1S/C12H16BN4O/c1-13-10-6-14-11-12(16-10)17(8-15-11)7-9-2-4-18-5-3-9/h6,8-9H,2-5,7H2,1H3. The SMILES string of the molecule is C[B]c1cnc2ncn(CC3CCOCC3)c2n1. The second-order valence-electron chi connectivity index (χ2n) is 4.68. The molecule has 5 nitrogen and oxygen atoms in total. The van der Waals surface area contributed by atoms with Gasteiger partial charge in [-0.3, -0.25) is 0 Å². The first-order valence-corrected chi connectivity index (χ1v) is 6.42. The molecule has 1 radical (unpaired) electrons. The second kappa shape index (κ2) is 5.06. The topological polar surface area (TPSA) is 52.8 Å². The van der Waals surface area contributed by atoms with Gasteiger partial charge in [0.15, 0.2) is 18.6 Å². The van der Waals surface area contributed by atoms with Gasteiger partial charge in [-0.1, -0.05) is 6.82 Å². The van der Waals surface area contributed by atoms with E-state index in [1.54, 1.807) is 6.20 Å². The van der Waals surface area contributed by atoms with Gasteiger partial charge in [-0.2, -0.15) is 0 Å². The summed E-state index contributed by atoms with van der Waals surface area (Å²) < 4.78 is 7.50. The predicted octanol–water partition coefficient (Wildman–Crippen LogP) is 0.631. The number of nitrogens with zero attached hydrogens (tertiary/aromatic N) is 4. The van der Waals surface area contributed by atoms with Crippen molar-refractivity contribution >= 4 is 24.2 Å². The molecule has 0 amide bonds. The highest BCUT2D eigenvalue weighted by molar-refractivity contribution is 6.50. The van der Waals surface area contributed by atoms with E-state index in [4.69, 9.17) is 4.74 Å². The van der Waals surface area contributed by atoms with Crippen LogP contribution in [0.1, 0.15) is 12.8 Å². The van der Waals surface area contributed by atoms with E-state index in [9.17, 15) is 0 Å². The summed E-state index contributed by atoms with van der Waals surface area (Å²) in [5.74, 6) is 0.659. The van der Waals surface area contributed by atoms with Crippen LogP contribution in [0.3, 0.4) is 0 Å². The van der Waals surface area contributed by atoms with E-state index in [1.807, 2.05) is 20.4 Å². The molecule has 1 aliphatic rings. The van der Waals surface area contributed by atoms with E-state index in [2.05, 4.69) is 19.5 Å². The minimum atomic E-state index is 0.659. The average molecular weight is 243 g/mol. The molecule has 93 valence electrons. The van der Waals surface area contributed by atoms with E-state index in [-0.39, 0.29) is 0 Å². The van der Waals surface area contributed by atoms with E-state index in [1.165, 1.54) is 0 Å². The Kier molecular flexibility index (Phi) is 3.27. The molecule has 0 aliphatic carbocycles. The molecule has 0 unspecified atom stereocenters. The molecule has 3 heterocycles. The van der Waals surface area contributed by atoms with Crippen LogP contribution in [0.5, 0.6) is 0 Å². The lowest BCUT2D eigenvalue weighted by Gasteiger charge is -2.22. The van der Waals surface area contributed by atoms with Crippen LogP contribution in [0, 0.1) is 5.92 Å². The zero-order valence-electron chi connectivity index (χ0n) is 10.5. The van der Waals surface area contributed by atoms with Gasteiger partial charge in [0.05, 0.1) is 6.33 Å². The first kappa shape index (κ1) is 11.7. The Hall–Kier alpha value is -1.43. The van der Waals surface area contributed by atoms with Crippen molar-refractivity contribution in [1.82, 2.24) is 19.5 Å². The number of imidazole rings is 1. The summed E-state index contributed by atoms with van der Waals surface area (Å²) in [7, 11) is 1.96. The van der Waals surface area contributed by atoms with Crippen LogP contribution in [0.2, 0.25) is 6.82 Å². The molecule has 2 aromatic rings. The van der Waals surface area contributed by atoms with Crippen molar-refractivity contribution in [3.63, 3.8) is 0 Å². The molecule has 18 heavy (non-hydrogen) atoms. The molecule has 0 saturated carbocycles. The maximum absolute atomic E-state index is 5.39. The van der Waals surface area contributed by atoms with Gasteiger partial charge in [-0.15, -0.1) is 0 Å². The van der Waals surface area contributed by atoms with E-state index < -0.39 is 0 Å². The van der Waals surface area contributed by atoms with Crippen molar-refractivity contribution < 1.29 is 4.74 Å². The number of fused-ring (bicyclic) bond motifs is 1. The van der Waals surface area contributed by atoms with Crippen LogP contribution in [-0.2, 0) is 11.3 Å². The molecular weight excluding hydrogens is 227 g/mol. The largest absolute Gasteiger partial charge is 0.381 e. The van der Waals surface area contributed by atoms with Gasteiger partial charge < -0.3 is 9.30 Å². The second-order valence-corrected chi connectivity index (χ2v) is 4.68. The lowest BCUT2D eigenvalue weighted by molar-refractivity contribution is 0.0615. The molecule has 0 aromatic carbocycles. The summed E-state index contributed by atoms with van der Waals surface area (Å²) in [6, 6.07) is 0. The van der Waals surface area contributed by atoms with Crippen molar-refractivity contribution in [2.24, 2.45) is 5.92 Å². The van der Waals surface area contributed by atoms with Gasteiger partial charge in [-0.05, 0) is 18.8 Å². The Morgan fingerprint density at radius 2 is 2.22 bits per heavy atom. The molecule has 0 N–H and O–H groups in total. The summed E-state index contributed by atoms with van der Waals surface area (Å²) in [5.41, 5.74) is 2.51. The molecule has 2 aromatic heterocycles.